The van der Waals surface area contributed by atoms with E-state index in [1.165, 1.54) is 12.1 Å². The fourth-order valence-corrected chi connectivity index (χ4v) is 3.47. The summed E-state index contributed by atoms with van der Waals surface area (Å²) in [6.45, 7) is 0. The van der Waals surface area contributed by atoms with Crippen LogP contribution < -0.4 is 5.32 Å². The highest BCUT2D eigenvalue weighted by atomic mass is 16.4. The molecule has 1 aromatic heterocycles. The van der Waals surface area contributed by atoms with Crippen LogP contribution in [0.15, 0.2) is 18.2 Å². The van der Waals surface area contributed by atoms with Gasteiger partial charge in [0.2, 0.25) is 0 Å². The Morgan fingerprint density at radius 1 is 1.28 bits per heavy atom. The number of amides is 1. The van der Waals surface area contributed by atoms with Crippen molar-refractivity contribution in [2.24, 2.45) is 0 Å². The van der Waals surface area contributed by atoms with Crippen molar-refractivity contribution in [3.05, 3.63) is 46.5 Å². The van der Waals surface area contributed by atoms with Crippen molar-refractivity contribution in [1.82, 2.24) is 9.97 Å². The van der Waals surface area contributed by atoms with E-state index in [1.807, 2.05) is 18.2 Å². The first-order valence-corrected chi connectivity index (χ1v) is 8.56. The van der Waals surface area contributed by atoms with Gasteiger partial charge in [0.05, 0.1) is 11.3 Å². The predicted octanol–water partition coefficient (Wildman–Crippen LogP) is 2.80. The average Bonchev–Trinajstić information content (AvgIpc) is 3.14. The van der Waals surface area contributed by atoms with Crippen LogP contribution >= 0.6 is 0 Å². The van der Waals surface area contributed by atoms with Crippen LogP contribution in [0.25, 0.3) is 11.6 Å². The highest BCUT2D eigenvalue weighted by molar-refractivity contribution is 6.34. The topological polar surface area (TPSA) is 95.1 Å². The molecule has 0 spiro atoms. The number of hydrogen-bond donors (Lipinski definition) is 3. The smallest absolute Gasteiger partial charge is 0.303 e. The summed E-state index contributed by atoms with van der Waals surface area (Å²) in [6, 6.07) is 5.58. The minimum absolute atomic E-state index is 0.0735. The lowest BCUT2D eigenvalue weighted by atomic mass is 10.0. The van der Waals surface area contributed by atoms with E-state index >= 15 is 0 Å². The molecule has 128 valence electrons. The van der Waals surface area contributed by atoms with Gasteiger partial charge in [0, 0.05) is 23.4 Å². The Morgan fingerprint density at radius 3 is 2.92 bits per heavy atom. The second kappa shape index (κ2) is 6.20. The molecule has 1 aliphatic heterocycles. The molecule has 1 amide bonds. The number of aromatic amines is 1. The number of carbonyl (C=O) groups excluding carboxylic acids is 1. The predicted molar refractivity (Wildman–Crippen MR) is 94.1 cm³/mol. The third-order valence-corrected chi connectivity index (χ3v) is 4.75. The molecule has 0 saturated carbocycles. The van der Waals surface area contributed by atoms with Crippen LogP contribution in [-0.2, 0) is 28.9 Å². The number of aryl methyl sites for hydroxylation is 3. The molecule has 3 N–H and O–H groups in total. The second-order valence-electron chi connectivity index (χ2n) is 6.54. The minimum atomic E-state index is -0.827. The third-order valence-electron chi connectivity index (χ3n) is 4.75. The molecule has 0 fully saturated rings. The van der Waals surface area contributed by atoms with Crippen molar-refractivity contribution < 1.29 is 14.7 Å². The Balaban J connectivity index is 1.67. The van der Waals surface area contributed by atoms with Crippen molar-refractivity contribution in [2.75, 3.05) is 5.32 Å². The van der Waals surface area contributed by atoms with Gasteiger partial charge >= 0.3 is 5.97 Å². The molecule has 0 unspecified atom stereocenters. The molecule has 0 saturated heterocycles. The second-order valence-corrected chi connectivity index (χ2v) is 6.54. The van der Waals surface area contributed by atoms with E-state index in [0.29, 0.717) is 17.8 Å². The molecule has 2 heterocycles. The lowest BCUT2D eigenvalue weighted by Crippen LogP contribution is -2.03. The molecular weight excluding hydrogens is 318 g/mol. The van der Waals surface area contributed by atoms with E-state index < -0.39 is 5.97 Å². The first-order valence-electron chi connectivity index (χ1n) is 8.56. The number of imidazole rings is 1. The molecule has 1 aromatic carbocycles. The summed E-state index contributed by atoms with van der Waals surface area (Å²) >= 11 is 0. The fraction of sp³-hybridized carbons (Fsp3) is 0.316. The number of nitrogens with zero attached hydrogens (tertiary/aromatic N) is 1. The standard InChI is InChI=1S/C19H19N3O3/c23-18(24)8-6-11-5-7-14-12(9-11)13(19(25)22-14)10-17-20-15-3-1-2-4-16(15)21-17/h5,7,9-10H,1-4,6,8H2,(H,20,21)(H,22,25)(H,23,24). The normalized spacial score (nSPS) is 17.3. The maximum Gasteiger partial charge on any atom is 0.303 e. The molecule has 0 atom stereocenters. The number of H-pyrrole nitrogens is 1. The summed E-state index contributed by atoms with van der Waals surface area (Å²) in [4.78, 5) is 31.0. The zero-order valence-electron chi connectivity index (χ0n) is 13.8. The van der Waals surface area contributed by atoms with Gasteiger partial charge in [-0.15, -0.1) is 0 Å². The first-order chi connectivity index (χ1) is 12.1. The number of hydrogen-bond acceptors (Lipinski definition) is 3. The zero-order valence-corrected chi connectivity index (χ0v) is 13.8. The van der Waals surface area contributed by atoms with Crippen LogP contribution in [0.2, 0.25) is 0 Å². The maximum atomic E-state index is 12.3. The Morgan fingerprint density at radius 2 is 2.12 bits per heavy atom. The number of carbonyl (C=O) groups is 2. The van der Waals surface area contributed by atoms with Gasteiger partial charge in [0.15, 0.2) is 0 Å². The van der Waals surface area contributed by atoms with Gasteiger partial charge < -0.3 is 15.4 Å². The average molecular weight is 337 g/mol. The van der Waals surface area contributed by atoms with Crippen LogP contribution in [0, 0.1) is 0 Å². The zero-order chi connectivity index (χ0) is 17.4. The van der Waals surface area contributed by atoms with Gasteiger partial charge in [-0.25, -0.2) is 4.98 Å². The molecule has 0 radical (unpaired) electrons. The first kappa shape index (κ1) is 15.6. The van der Waals surface area contributed by atoms with E-state index in [-0.39, 0.29) is 12.3 Å². The van der Waals surface area contributed by atoms with Gasteiger partial charge in [-0.2, -0.15) is 0 Å². The SMILES string of the molecule is O=C(O)CCc1ccc2c(c1)C(=Cc1nc3c([nH]1)CCCC3)C(=O)N2. The number of aliphatic carboxylic acids is 1. The maximum absolute atomic E-state index is 12.3. The van der Waals surface area contributed by atoms with Gasteiger partial charge in [-0.1, -0.05) is 6.07 Å². The van der Waals surface area contributed by atoms with Crippen LogP contribution in [0.4, 0.5) is 5.69 Å². The number of aromatic nitrogens is 2. The molecule has 6 nitrogen and oxygen atoms in total. The van der Waals surface area contributed by atoms with E-state index in [4.69, 9.17) is 5.11 Å². The van der Waals surface area contributed by atoms with Gasteiger partial charge in [0.1, 0.15) is 5.82 Å². The Kier molecular flexibility index (Phi) is 3.87. The summed E-state index contributed by atoms with van der Waals surface area (Å²) in [5.74, 6) is -0.271. The summed E-state index contributed by atoms with van der Waals surface area (Å²) in [5.41, 5.74) is 5.31. The van der Waals surface area contributed by atoms with Gasteiger partial charge in [-0.05, 0) is 55.9 Å². The van der Waals surface area contributed by atoms with Crippen molar-refractivity contribution in [1.29, 1.82) is 0 Å². The molecule has 25 heavy (non-hydrogen) atoms. The van der Waals surface area contributed by atoms with Crippen LogP contribution in [-0.4, -0.2) is 27.0 Å². The highest BCUT2D eigenvalue weighted by Gasteiger charge is 2.25. The number of fused-ring (bicyclic) bond motifs is 2. The van der Waals surface area contributed by atoms with Crippen LogP contribution in [0.1, 0.15) is 47.6 Å². The third kappa shape index (κ3) is 3.07. The summed E-state index contributed by atoms with van der Waals surface area (Å²) in [6.07, 6.45) is 6.63. The quantitative estimate of drug-likeness (QED) is 0.748. The number of benzene rings is 1. The van der Waals surface area contributed by atoms with Gasteiger partial charge in [0.25, 0.3) is 5.91 Å². The molecule has 1 aliphatic carbocycles. The van der Waals surface area contributed by atoms with Crippen molar-refractivity contribution in [3.63, 3.8) is 0 Å². The highest BCUT2D eigenvalue weighted by Crippen LogP contribution is 2.34. The summed E-state index contributed by atoms with van der Waals surface area (Å²) in [5, 5.41) is 11.7. The van der Waals surface area contributed by atoms with E-state index in [9.17, 15) is 9.59 Å². The molecule has 2 aromatic rings. The molecule has 2 aliphatic rings. The number of carboxylic acid groups (broad SMARTS) is 1. The van der Waals surface area contributed by atoms with Crippen molar-refractivity contribution in [3.8, 4) is 0 Å². The monoisotopic (exact) mass is 337 g/mol. The van der Waals surface area contributed by atoms with Gasteiger partial charge in [-0.3, -0.25) is 9.59 Å². The Bertz CT molecular complexity index is 872. The minimum Gasteiger partial charge on any atom is -0.481 e. The largest absolute Gasteiger partial charge is 0.481 e. The fourth-order valence-electron chi connectivity index (χ4n) is 3.47. The lowest BCUT2D eigenvalue weighted by Gasteiger charge is -2.07. The number of rotatable bonds is 4. The number of anilines is 1. The Labute approximate surface area is 145 Å². The van der Waals surface area contributed by atoms with Crippen LogP contribution in [0.5, 0.6) is 0 Å². The van der Waals surface area contributed by atoms with E-state index in [2.05, 4.69) is 15.3 Å². The molecule has 6 heteroatoms. The van der Waals surface area contributed by atoms with Crippen molar-refractivity contribution in [2.45, 2.75) is 38.5 Å². The molecular formula is C19H19N3O3. The number of carboxylic acids is 1. The Hall–Kier alpha value is -2.89. The van der Waals surface area contributed by atoms with Crippen LogP contribution in [0.3, 0.4) is 0 Å². The molecule has 0 bridgehead atoms. The summed E-state index contributed by atoms with van der Waals surface area (Å²) < 4.78 is 0. The van der Waals surface area contributed by atoms with E-state index in [1.54, 1.807) is 6.08 Å². The van der Waals surface area contributed by atoms with Crippen molar-refractivity contribution >= 4 is 29.2 Å². The molecule has 4 rings (SSSR count). The number of nitrogens with one attached hydrogen (secondary N) is 2. The summed E-state index contributed by atoms with van der Waals surface area (Å²) in [7, 11) is 0. The lowest BCUT2D eigenvalue weighted by molar-refractivity contribution is -0.137. The van der Waals surface area contributed by atoms with E-state index in [0.717, 1.165) is 41.8 Å².